The highest BCUT2D eigenvalue weighted by Crippen LogP contribution is 2.30. The molecule has 0 saturated carbocycles. The van der Waals surface area contributed by atoms with Crippen LogP contribution in [-0.4, -0.2) is 19.0 Å². The molecule has 0 aliphatic heterocycles. The fourth-order valence-corrected chi connectivity index (χ4v) is 2.13. The quantitative estimate of drug-likeness (QED) is 0.601. The molecule has 2 N–H and O–H groups in total. The van der Waals surface area contributed by atoms with Gasteiger partial charge in [-0.25, -0.2) is 0 Å². The van der Waals surface area contributed by atoms with Gasteiger partial charge in [0.1, 0.15) is 5.76 Å². The van der Waals surface area contributed by atoms with Gasteiger partial charge in [-0.3, -0.25) is 10.1 Å². The van der Waals surface area contributed by atoms with Gasteiger partial charge in [0.25, 0.3) is 0 Å². The van der Waals surface area contributed by atoms with Crippen molar-refractivity contribution in [3.63, 3.8) is 0 Å². The van der Waals surface area contributed by atoms with Crippen molar-refractivity contribution in [2.75, 3.05) is 13.1 Å². The number of fused-ring (bicyclic) bond motifs is 1. The summed E-state index contributed by atoms with van der Waals surface area (Å²) in [5, 5.41) is 5.86. The van der Waals surface area contributed by atoms with Gasteiger partial charge in [0.05, 0.1) is 25.4 Å². The van der Waals surface area contributed by atoms with Crippen molar-refractivity contribution in [2.24, 2.45) is 0 Å². The molecule has 0 bridgehead atoms. The third-order valence-corrected chi connectivity index (χ3v) is 2.90. The molecule has 1 amide bonds. The molecule has 4 heteroatoms. The summed E-state index contributed by atoms with van der Waals surface area (Å²) in [6.07, 6.45) is 9.75. The Morgan fingerprint density at radius 1 is 1.65 bits per heavy atom. The molecule has 1 aliphatic carbocycles. The van der Waals surface area contributed by atoms with Crippen LogP contribution in [0.25, 0.3) is 0 Å². The van der Waals surface area contributed by atoms with Gasteiger partial charge in [-0.2, -0.15) is 0 Å². The second-order valence-electron chi connectivity index (χ2n) is 4.12. The van der Waals surface area contributed by atoms with E-state index in [1.807, 2.05) is 6.07 Å². The zero-order valence-electron chi connectivity index (χ0n) is 9.66. The van der Waals surface area contributed by atoms with Crippen molar-refractivity contribution >= 4 is 5.91 Å². The SMILES string of the molecule is C#CCNCC(=O)NC1CCCc2occc21. The van der Waals surface area contributed by atoms with Crippen LogP contribution in [-0.2, 0) is 11.2 Å². The Bertz CT molecular complexity index is 431. The Balaban J connectivity index is 1.89. The third-order valence-electron chi connectivity index (χ3n) is 2.90. The summed E-state index contributed by atoms with van der Waals surface area (Å²) in [6.45, 7) is 0.670. The molecule has 90 valence electrons. The zero-order chi connectivity index (χ0) is 12.1. The molecule has 0 fully saturated rings. The number of nitrogens with one attached hydrogen (secondary N) is 2. The summed E-state index contributed by atoms with van der Waals surface area (Å²) in [4.78, 5) is 11.6. The average Bonchev–Trinajstić information content (AvgIpc) is 2.78. The summed E-state index contributed by atoms with van der Waals surface area (Å²) in [5.74, 6) is 3.40. The van der Waals surface area contributed by atoms with Crippen molar-refractivity contribution in [1.29, 1.82) is 0 Å². The lowest BCUT2D eigenvalue weighted by molar-refractivity contribution is -0.121. The van der Waals surface area contributed by atoms with Crippen LogP contribution in [0.1, 0.15) is 30.2 Å². The van der Waals surface area contributed by atoms with E-state index in [9.17, 15) is 4.79 Å². The number of rotatable bonds is 4. The van der Waals surface area contributed by atoms with Crippen molar-refractivity contribution < 1.29 is 9.21 Å². The number of amides is 1. The molecular formula is C13H16N2O2. The number of carbonyl (C=O) groups is 1. The van der Waals surface area contributed by atoms with Crippen LogP contribution in [0.3, 0.4) is 0 Å². The molecule has 1 heterocycles. The van der Waals surface area contributed by atoms with Gasteiger partial charge in [-0.05, 0) is 18.9 Å². The molecule has 1 unspecified atom stereocenters. The fourth-order valence-electron chi connectivity index (χ4n) is 2.13. The molecule has 1 aromatic rings. The number of aryl methyl sites for hydroxylation is 1. The Morgan fingerprint density at radius 2 is 2.53 bits per heavy atom. The normalized spacial score (nSPS) is 18.2. The molecule has 0 saturated heterocycles. The first kappa shape index (κ1) is 11.7. The maximum Gasteiger partial charge on any atom is 0.234 e. The van der Waals surface area contributed by atoms with E-state index < -0.39 is 0 Å². The molecule has 0 aromatic carbocycles. The molecular weight excluding hydrogens is 216 g/mol. The molecule has 2 rings (SSSR count). The lowest BCUT2D eigenvalue weighted by Gasteiger charge is -2.22. The highest BCUT2D eigenvalue weighted by molar-refractivity contribution is 5.78. The molecule has 1 atom stereocenters. The van der Waals surface area contributed by atoms with Gasteiger partial charge < -0.3 is 9.73 Å². The minimum Gasteiger partial charge on any atom is -0.469 e. The largest absolute Gasteiger partial charge is 0.469 e. The Labute approximate surface area is 101 Å². The lowest BCUT2D eigenvalue weighted by atomic mass is 9.93. The van der Waals surface area contributed by atoms with Gasteiger partial charge in [-0.1, -0.05) is 5.92 Å². The van der Waals surface area contributed by atoms with Crippen LogP contribution < -0.4 is 10.6 Å². The summed E-state index contributed by atoms with van der Waals surface area (Å²) < 4.78 is 5.37. The second-order valence-corrected chi connectivity index (χ2v) is 4.12. The summed E-state index contributed by atoms with van der Waals surface area (Å²) in [5.41, 5.74) is 1.11. The lowest BCUT2D eigenvalue weighted by Crippen LogP contribution is -2.37. The number of terminal acetylenes is 1. The van der Waals surface area contributed by atoms with E-state index in [4.69, 9.17) is 10.8 Å². The highest BCUT2D eigenvalue weighted by atomic mass is 16.3. The molecule has 1 aliphatic rings. The van der Waals surface area contributed by atoms with Gasteiger partial charge in [0, 0.05) is 12.0 Å². The van der Waals surface area contributed by atoms with E-state index >= 15 is 0 Å². The minimum atomic E-state index is -0.0284. The van der Waals surface area contributed by atoms with Crippen LogP contribution in [0, 0.1) is 12.3 Å². The second kappa shape index (κ2) is 5.55. The smallest absolute Gasteiger partial charge is 0.234 e. The van der Waals surface area contributed by atoms with Crippen LogP contribution in [0.2, 0.25) is 0 Å². The molecule has 1 aromatic heterocycles. The van der Waals surface area contributed by atoms with Gasteiger partial charge in [-0.15, -0.1) is 6.42 Å². The Hall–Kier alpha value is -1.73. The predicted molar refractivity (Wildman–Crippen MR) is 64.2 cm³/mol. The van der Waals surface area contributed by atoms with Crippen LogP contribution in [0.15, 0.2) is 16.7 Å². The molecule has 0 spiro atoms. The maximum atomic E-state index is 11.6. The third kappa shape index (κ3) is 2.89. The summed E-state index contributed by atoms with van der Waals surface area (Å²) in [6, 6.07) is 2.02. The van der Waals surface area contributed by atoms with Gasteiger partial charge >= 0.3 is 0 Å². The van der Waals surface area contributed by atoms with Crippen molar-refractivity contribution in [2.45, 2.75) is 25.3 Å². The van der Waals surface area contributed by atoms with Gasteiger partial charge in [0.2, 0.25) is 5.91 Å². The first-order valence-corrected chi connectivity index (χ1v) is 5.81. The molecule has 17 heavy (non-hydrogen) atoms. The van der Waals surface area contributed by atoms with E-state index in [-0.39, 0.29) is 18.5 Å². The Morgan fingerprint density at radius 3 is 3.35 bits per heavy atom. The van der Waals surface area contributed by atoms with E-state index in [0.29, 0.717) is 6.54 Å². The molecule has 0 radical (unpaired) electrons. The van der Waals surface area contributed by atoms with Crippen LogP contribution in [0.4, 0.5) is 0 Å². The number of furan rings is 1. The topological polar surface area (TPSA) is 54.3 Å². The number of hydrogen-bond donors (Lipinski definition) is 2. The maximum absolute atomic E-state index is 11.6. The van der Waals surface area contributed by atoms with E-state index in [0.717, 1.165) is 30.6 Å². The zero-order valence-corrected chi connectivity index (χ0v) is 9.66. The van der Waals surface area contributed by atoms with E-state index in [1.54, 1.807) is 6.26 Å². The monoisotopic (exact) mass is 232 g/mol. The number of hydrogen-bond acceptors (Lipinski definition) is 3. The van der Waals surface area contributed by atoms with E-state index in [2.05, 4.69) is 16.6 Å². The first-order valence-electron chi connectivity index (χ1n) is 5.81. The number of carbonyl (C=O) groups excluding carboxylic acids is 1. The molecule has 4 nitrogen and oxygen atoms in total. The van der Waals surface area contributed by atoms with E-state index in [1.165, 1.54) is 0 Å². The fraction of sp³-hybridized carbons (Fsp3) is 0.462. The summed E-state index contributed by atoms with van der Waals surface area (Å²) >= 11 is 0. The first-order chi connectivity index (χ1) is 8.31. The average molecular weight is 232 g/mol. The van der Waals surface area contributed by atoms with Gasteiger partial charge in [0.15, 0.2) is 0 Å². The van der Waals surface area contributed by atoms with Crippen LogP contribution >= 0.6 is 0 Å². The van der Waals surface area contributed by atoms with Crippen molar-refractivity contribution in [3.05, 3.63) is 23.7 Å². The van der Waals surface area contributed by atoms with Crippen molar-refractivity contribution in [3.8, 4) is 12.3 Å². The van der Waals surface area contributed by atoms with Crippen LogP contribution in [0.5, 0.6) is 0 Å². The predicted octanol–water partition coefficient (Wildman–Crippen LogP) is 0.996. The summed E-state index contributed by atoms with van der Waals surface area (Å²) in [7, 11) is 0. The minimum absolute atomic E-state index is 0.0284. The standard InChI is InChI=1S/C13H16N2O2/c1-2-7-14-9-13(16)15-11-4-3-5-12-10(11)6-8-17-12/h1,6,8,11,14H,3-5,7,9H2,(H,15,16). The Kier molecular flexibility index (Phi) is 3.84. The highest BCUT2D eigenvalue weighted by Gasteiger charge is 2.23. The van der Waals surface area contributed by atoms with Crippen molar-refractivity contribution in [1.82, 2.24) is 10.6 Å².